The maximum Gasteiger partial charge on any atom is 0.431 e. The SMILES string of the molecule is Cn1c(C(F)(F)F)cc(=O)n(-c2cc(OCCOCCCl)c(Cl)cc2F)c1=O. The monoisotopic (exact) mass is 444 g/mol. The lowest BCUT2D eigenvalue weighted by Crippen LogP contribution is -2.41. The maximum absolute atomic E-state index is 14.3. The minimum Gasteiger partial charge on any atom is -0.490 e. The van der Waals surface area contributed by atoms with Crippen LogP contribution in [0.5, 0.6) is 5.75 Å². The molecule has 0 bridgehead atoms. The Balaban J connectivity index is 2.48. The van der Waals surface area contributed by atoms with E-state index in [2.05, 4.69) is 0 Å². The lowest BCUT2D eigenvalue weighted by molar-refractivity contribution is -0.144. The Morgan fingerprint density at radius 1 is 1.11 bits per heavy atom. The number of halogens is 6. The topological polar surface area (TPSA) is 62.5 Å². The summed E-state index contributed by atoms with van der Waals surface area (Å²) in [6.45, 7) is 0.420. The van der Waals surface area contributed by atoms with Gasteiger partial charge in [0.15, 0.2) is 0 Å². The molecule has 0 fully saturated rings. The Hall–Kier alpha value is -2.04. The molecule has 0 spiro atoms. The molecule has 0 aliphatic heterocycles. The highest BCUT2D eigenvalue weighted by Gasteiger charge is 2.35. The van der Waals surface area contributed by atoms with E-state index in [1.807, 2.05) is 0 Å². The van der Waals surface area contributed by atoms with E-state index < -0.39 is 34.6 Å². The first-order chi connectivity index (χ1) is 13.1. The number of rotatable bonds is 7. The first kappa shape index (κ1) is 22.3. The van der Waals surface area contributed by atoms with Crippen LogP contribution in [-0.2, 0) is 18.0 Å². The molecule has 0 unspecified atom stereocenters. The number of hydrogen-bond donors (Lipinski definition) is 0. The Morgan fingerprint density at radius 3 is 2.39 bits per heavy atom. The van der Waals surface area contributed by atoms with Gasteiger partial charge in [0.2, 0.25) is 0 Å². The van der Waals surface area contributed by atoms with E-state index in [0.717, 1.165) is 19.2 Å². The van der Waals surface area contributed by atoms with Crippen LogP contribution >= 0.6 is 23.2 Å². The summed E-state index contributed by atoms with van der Waals surface area (Å²) in [6, 6.07) is 1.95. The van der Waals surface area contributed by atoms with E-state index in [0.29, 0.717) is 0 Å². The van der Waals surface area contributed by atoms with Crippen LogP contribution < -0.4 is 16.0 Å². The number of hydrogen-bond acceptors (Lipinski definition) is 4. The van der Waals surface area contributed by atoms with Crippen molar-refractivity contribution in [1.82, 2.24) is 9.13 Å². The average Bonchev–Trinajstić information content (AvgIpc) is 2.60. The third-order valence-corrected chi connectivity index (χ3v) is 4.01. The van der Waals surface area contributed by atoms with Crippen molar-refractivity contribution in [2.24, 2.45) is 7.05 Å². The summed E-state index contributed by atoms with van der Waals surface area (Å²) in [5.41, 5.74) is -4.79. The van der Waals surface area contributed by atoms with Gasteiger partial charge in [-0.15, -0.1) is 11.6 Å². The third kappa shape index (κ3) is 4.86. The van der Waals surface area contributed by atoms with Crippen LogP contribution in [0.4, 0.5) is 17.6 Å². The lowest BCUT2D eigenvalue weighted by atomic mass is 10.2. The zero-order chi connectivity index (χ0) is 21.1. The van der Waals surface area contributed by atoms with Crippen LogP contribution in [0, 0.1) is 5.82 Å². The molecular formula is C16H14Cl2F4N2O4. The molecule has 0 radical (unpaired) electrons. The summed E-state index contributed by atoms with van der Waals surface area (Å²) < 4.78 is 64.0. The minimum atomic E-state index is -4.93. The number of ether oxygens (including phenoxy) is 2. The molecule has 2 aromatic rings. The van der Waals surface area contributed by atoms with Gasteiger partial charge in [-0.2, -0.15) is 13.2 Å². The van der Waals surface area contributed by atoms with Gasteiger partial charge in [0.25, 0.3) is 5.56 Å². The molecule has 0 amide bonds. The van der Waals surface area contributed by atoms with Crippen LogP contribution in [0.3, 0.4) is 0 Å². The van der Waals surface area contributed by atoms with Crippen molar-refractivity contribution in [2.45, 2.75) is 6.18 Å². The van der Waals surface area contributed by atoms with Crippen LogP contribution in [0.1, 0.15) is 5.69 Å². The highest BCUT2D eigenvalue weighted by molar-refractivity contribution is 6.32. The molecule has 0 aliphatic rings. The number of nitrogens with zero attached hydrogens (tertiary/aromatic N) is 2. The first-order valence-corrected chi connectivity index (χ1v) is 8.65. The van der Waals surface area contributed by atoms with E-state index in [1.165, 1.54) is 0 Å². The van der Waals surface area contributed by atoms with Gasteiger partial charge in [0.1, 0.15) is 23.9 Å². The Labute approximate surface area is 165 Å². The van der Waals surface area contributed by atoms with Gasteiger partial charge >= 0.3 is 11.9 Å². The summed E-state index contributed by atoms with van der Waals surface area (Å²) in [5, 5.41) is -0.157. The second-order valence-electron chi connectivity index (χ2n) is 5.43. The average molecular weight is 445 g/mol. The van der Waals surface area contributed by atoms with E-state index >= 15 is 0 Å². The molecule has 0 saturated heterocycles. The molecule has 0 atom stereocenters. The summed E-state index contributed by atoms with van der Waals surface area (Å²) in [4.78, 5) is 24.4. The van der Waals surface area contributed by atoms with Crippen molar-refractivity contribution in [1.29, 1.82) is 0 Å². The van der Waals surface area contributed by atoms with Gasteiger partial charge in [-0.1, -0.05) is 11.6 Å². The van der Waals surface area contributed by atoms with E-state index in [9.17, 15) is 27.2 Å². The molecule has 1 heterocycles. The first-order valence-electron chi connectivity index (χ1n) is 7.74. The molecule has 28 heavy (non-hydrogen) atoms. The van der Waals surface area contributed by atoms with Gasteiger partial charge in [-0.3, -0.25) is 9.36 Å². The fourth-order valence-electron chi connectivity index (χ4n) is 2.29. The van der Waals surface area contributed by atoms with Crippen molar-refractivity contribution < 1.29 is 27.0 Å². The maximum atomic E-state index is 14.3. The largest absolute Gasteiger partial charge is 0.490 e. The summed E-state index contributed by atoms with van der Waals surface area (Å²) in [5.74, 6) is -0.891. The fourth-order valence-corrected chi connectivity index (χ4v) is 2.60. The van der Waals surface area contributed by atoms with Crippen LogP contribution in [0.25, 0.3) is 5.69 Å². The van der Waals surface area contributed by atoms with E-state index in [1.54, 1.807) is 0 Å². The number of benzene rings is 1. The smallest absolute Gasteiger partial charge is 0.431 e. The summed E-state index contributed by atoms with van der Waals surface area (Å²) in [7, 11) is 0.820. The van der Waals surface area contributed by atoms with Crippen molar-refractivity contribution in [3.8, 4) is 11.4 Å². The van der Waals surface area contributed by atoms with Crippen molar-refractivity contribution >= 4 is 23.2 Å². The summed E-state index contributed by atoms with van der Waals surface area (Å²) >= 11 is 11.3. The highest BCUT2D eigenvalue weighted by Crippen LogP contribution is 2.30. The van der Waals surface area contributed by atoms with Gasteiger partial charge < -0.3 is 9.47 Å². The van der Waals surface area contributed by atoms with Crippen molar-refractivity contribution in [3.05, 3.63) is 55.6 Å². The Bertz CT molecular complexity index is 973. The molecule has 154 valence electrons. The second-order valence-corrected chi connectivity index (χ2v) is 6.21. The zero-order valence-electron chi connectivity index (χ0n) is 14.4. The molecule has 0 N–H and O–H groups in total. The van der Waals surface area contributed by atoms with E-state index in [-0.39, 0.29) is 51.7 Å². The standard InChI is InChI=1S/C16H14Cl2F4N2O4/c1-23-13(16(20,21)22)8-14(25)24(15(23)26)11-7-12(9(18)6-10(11)19)28-5-4-27-3-2-17/h6-8H,2-5H2,1H3. The summed E-state index contributed by atoms with van der Waals surface area (Å²) in [6.07, 6.45) is -4.93. The predicted octanol–water partition coefficient (Wildman–Crippen LogP) is 2.98. The van der Waals surface area contributed by atoms with Gasteiger partial charge in [-0.25, -0.2) is 13.8 Å². The Morgan fingerprint density at radius 2 is 1.79 bits per heavy atom. The van der Waals surface area contributed by atoms with Crippen LogP contribution in [0.15, 0.2) is 27.8 Å². The fraction of sp³-hybridized carbons (Fsp3) is 0.375. The van der Waals surface area contributed by atoms with Crippen LogP contribution in [0.2, 0.25) is 5.02 Å². The molecule has 0 saturated carbocycles. The molecule has 0 aliphatic carbocycles. The van der Waals surface area contributed by atoms with E-state index in [4.69, 9.17) is 32.7 Å². The van der Waals surface area contributed by atoms with Gasteiger partial charge in [0, 0.05) is 25.1 Å². The molecular weight excluding hydrogens is 431 g/mol. The highest BCUT2D eigenvalue weighted by atomic mass is 35.5. The zero-order valence-corrected chi connectivity index (χ0v) is 15.9. The Kier molecular flexibility index (Phi) is 7.13. The molecule has 2 rings (SSSR count). The molecule has 1 aromatic carbocycles. The van der Waals surface area contributed by atoms with Crippen molar-refractivity contribution in [2.75, 3.05) is 25.7 Å². The normalized spacial score (nSPS) is 11.7. The van der Waals surface area contributed by atoms with Crippen LogP contribution in [-0.4, -0.2) is 34.8 Å². The number of alkyl halides is 4. The van der Waals surface area contributed by atoms with Gasteiger partial charge in [0.05, 0.1) is 23.9 Å². The molecule has 6 nitrogen and oxygen atoms in total. The van der Waals surface area contributed by atoms with Gasteiger partial charge in [-0.05, 0) is 6.07 Å². The van der Waals surface area contributed by atoms with Crippen molar-refractivity contribution in [3.63, 3.8) is 0 Å². The quantitative estimate of drug-likeness (QED) is 0.374. The molecule has 12 heteroatoms. The molecule has 1 aromatic heterocycles. The second kappa shape index (κ2) is 8.97. The minimum absolute atomic E-state index is 0.00159. The predicted molar refractivity (Wildman–Crippen MR) is 94.3 cm³/mol. The third-order valence-electron chi connectivity index (χ3n) is 3.56. The number of aromatic nitrogens is 2. The lowest BCUT2D eigenvalue weighted by Gasteiger charge is -2.15.